The second-order valence-corrected chi connectivity index (χ2v) is 7.65. The molecule has 1 heterocycles. The summed E-state index contributed by atoms with van der Waals surface area (Å²) in [5, 5.41) is 18.5. The van der Waals surface area contributed by atoms with E-state index in [4.69, 9.17) is 5.73 Å². The van der Waals surface area contributed by atoms with Gasteiger partial charge in [0.15, 0.2) is 5.78 Å². The number of nitrogens with zero attached hydrogens (tertiary/aromatic N) is 1. The summed E-state index contributed by atoms with van der Waals surface area (Å²) in [7, 11) is 0. The number of nitrogens with two attached hydrogens (primary N) is 1. The highest BCUT2D eigenvalue weighted by molar-refractivity contribution is 5.93. The first-order valence-electron chi connectivity index (χ1n) is 10.3. The molecule has 2 rings (SSSR count). The Bertz CT molecular complexity index is 713. The minimum Gasteiger partial charge on any atom is -0.391 e. The summed E-state index contributed by atoms with van der Waals surface area (Å²) < 4.78 is 0. The van der Waals surface area contributed by atoms with Crippen molar-refractivity contribution in [2.75, 3.05) is 26.2 Å². The molecule has 0 radical (unpaired) electrons. The molecule has 0 spiro atoms. The molecule has 1 aliphatic rings. The highest BCUT2D eigenvalue weighted by atomic mass is 16.3. The van der Waals surface area contributed by atoms with Crippen molar-refractivity contribution in [2.24, 2.45) is 5.73 Å². The second-order valence-electron chi connectivity index (χ2n) is 7.65. The number of ketones is 1. The fourth-order valence-electron chi connectivity index (χ4n) is 3.47. The van der Waals surface area contributed by atoms with Gasteiger partial charge in [-0.15, -0.1) is 0 Å². The van der Waals surface area contributed by atoms with Crippen molar-refractivity contribution < 1.29 is 19.5 Å². The van der Waals surface area contributed by atoms with Gasteiger partial charge < -0.3 is 26.8 Å². The zero-order valence-corrected chi connectivity index (χ0v) is 17.6. The molecule has 1 aromatic carbocycles. The van der Waals surface area contributed by atoms with Crippen LogP contribution >= 0.6 is 0 Å². The Labute approximate surface area is 177 Å². The van der Waals surface area contributed by atoms with E-state index in [9.17, 15) is 19.5 Å². The fourth-order valence-corrected chi connectivity index (χ4v) is 3.47. The van der Waals surface area contributed by atoms with Crippen molar-refractivity contribution in [3.8, 4) is 0 Å². The third-order valence-electron chi connectivity index (χ3n) is 5.21. The fraction of sp³-hybridized carbons (Fsp3) is 0.571. The summed E-state index contributed by atoms with van der Waals surface area (Å²) in [6.07, 6.45) is -0.836. The largest absolute Gasteiger partial charge is 0.391 e. The number of Topliss-reactive ketones (excluding diaryl/α,β-unsaturated/α-hetero) is 1. The van der Waals surface area contributed by atoms with Crippen molar-refractivity contribution in [1.82, 2.24) is 20.9 Å². The van der Waals surface area contributed by atoms with Crippen LogP contribution in [0.2, 0.25) is 0 Å². The Hall–Kier alpha value is -2.33. The van der Waals surface area contributed by atoms with Crippen molar-refractivity contribution in [1.29, 1.82) is 0 Å². The van der Waals surface area contributed by atoms with Crippen LogP contribution in [0.3, 0.4) is 0 Å². The first-order valence-corrected chi connectivity index (χ1v) is 10.3. The number of benzene rings is 1. The Morgan fingerprint density at radius 1 is 1.27 bits per heavy atom. The van der Waals surface area contributed by atoms with E-state index in [1.54, 1.807) is 0 Å². The second kappa shape index (κ2) is 11.8. The average molecular weight is 420 g/mol. The van der Waals surface area contributed by atoms with Gasteiger partial charge in [-0.05, 0) is 32.4 Å². The smallest absolute Gasteiger partial charge is 0.245 e. The number of amides is 2. The van der Waals surface area contributed by atoms with E-state index >= 15 is 0 Å². The highest BCUT2D eigenvalue weighted by Crippen LogP contribution is 2.11. The van der Waals surface area contributed by atoms with Gasteiger partial charge in [-0.25, -0.2) is 0 Å². The molecule has 4 atom stereocenters. The quantitative estimate of drug-likeness (QED) is 0.320. The molecular weight excluding hydrogens is 386 g/mol. The number of hydrogen-bond acceptors (Lipinski definition) is 7. The van der Waals surface area contributed by atoms with E-state index < -0.39 is 30.1 Å². The van der Waals surface area contributed by atoms with Crippen molar-refractivity contribution in [2.45, 2.75) is 51.0 Å². The van der Waals surface area contributed by atoms with Gasteiger partial charge >= 0.3 is 0 Å². The molecular formula is C21H33N5O4. The molecule has 1 aromatic rings. The number of aliphatic hydroxyl groups excluding tert-OH is 1. The van der Waals surface area contributed by atoms with Crippen LogP contribution in [0.5, 0.6) is 0 Å². The standard InChI is InChI=1S/C21H33N5O4/c1-14(27)17(8-9-22)24-21(30)19(15(2)28)25-20(29)18-12-23-10-11-26(18)13-16-6-4-3-5-7-16/h3-7,15,17-19,23,28H,8-13,22H2,1-2H3,(H,24,30)(H,25,29)/t15-,17-,18-,19-/m0/s1. The zero-order valence-electron chi connectivity index (χ0n) is 17.6. The molecule has 166 valence electrons. The maximum absolute atomic E-state index is 13.0. The molecule has 6 N–H and O–H groups in total. The maximum atomic E-state index is 13.0. The lowest BCUT2D eigenvalue weighted by Crippen LogP contribution is -2.62. The molecule has 1 saturated heterocycles. The molecule has 0 unspecified atom stereocenters. The van der Waals surface area contributed by atoms with Gasteiger partial charge in [-0.2, -0.15) is 0 Å². The molecule has 2 amide bonds. The van der Waals surface area contributed by atoms with Crippen LogP contribution in [0, 0.1) is 0 Å². The monoisotopic (exact) mass is 419 g/mol. The summed E-state index contributed by atoms with van der Waals surface area (Å²) in [5.74, 6) is -1.18. The van der Waals surface area contributed by atoms with Gasteiger partial charge in [-0.3, -0.25) is 19.3 Å². The molecule has 0 aliphatic carbocycles. The Morgan fingerprint density at radius 3 is 2.57 bits per heavy atom. The molecule has 0 saturated carbocycles. The third-order valence-corrected chi connectivity index (χ3v) is 5.21. The number of rotatable bonds is 10. The minimum atomic E-state index is -1.17. The van der Waals surface area contributed by atoms with Crippen LogP contribution in [0.15, 0.2) is 30.3 Å². The Kier molecular flexibility index (Phi) is 9.38. The van der Waals surface area contributed by atoms with Gasteiger partial charge in [-0.1, -0.05) is 30.3 Å². The summed E-state index contributed by atoms with van der Waals surface area (Å²) in [6, 6.07) is 7.45. The van der Waals surface area contributed by atoms with Crippen molar-refractivity contribution >= 4 is 17.6 Å². The topological polar surface area (TPSA) is 137 Å². The molecule has 1 fully saturated rings. The maximum Gasteiger partial charge on any atom is 0.245 e. The average Bonchev–Trinajstić information content (AvgIpc) is 2.72. The molecule has 9 nitrogen and oxygen atoms in total. The normalized spacial score (nSPS) is 20.1. The van der Waals surface area contributed by atoms with Crippen LogP contribution in [0.1, 0.15) is 25.8 Å². The molecule has 0 bridgehead atoms. The van der Waals surface area contributed by atoms with E-state index in [-0.39, 0.29) is 18.2 Å². The summed E-state index contributed by atoms with van der Waals surface area (Å²) in [6.45, 7) is 5.52. The molecule has 0 aromatic heterocycles. The third kappa shape index (κ3) is 6.88. The van der Waals surface area contributed by atoms with Crippen molar-refractivity contribution in [3.05, 3.63) is 35.9 Å². The van der Waals surface area contributed by atoms with Gasteiger partial charge in [0, 0.05) is 26.2 Å². The molecule has 9 heteroatoms. The number of nitrogens with one attached hydrogen (secondary N) is 3. The van der Waals surface area contributed by atoms with Crippen LogP contribution in [-0.4, -0.2) is 78.0 Å². The predicted octanol–water partition coefficient (Wildman–Crippen LogP) is -1.25. The Morgan fingerprint density at radius 2 is 1.97 bits per heavy atom. The number of carbonyl (C=O) groups is 3. The zero-order chi connectivity index (χ0) is 22.1. The lowest BCUT2D eigenvalue weighted by Gasteiger charge is -2.36. The van der Waals surface area contributed by atoms with Crippen LogP contribution in [0.4, 0.5) is 0 Å². The van der Waals surface area contributed by atoms with E-state index in [0.29, 0.717) is 26.1 Å². The highest BCUT2D eigenvalue weighted by Gasteiger charge is 2.34. The van der Waals surface area contributed by atoms with Crippen LogP contribution in [0.25, 0.3) is 0 Å². The van der Waals surface area contributed by atoms with E-state index in [1.807, 2.05) is 35.2 Å². The Balaban J connectivity index is 2.06. The lowest BCUT2D eigenvalue weighted by atomic mass is 10.1. The van der Waals surface area contributed by atoms with Gasteiger partial charge in [0.1, 0.15) is 12.1 Å². The number of aliphatic hydroxyl groups is 1. The number of piperazine rings is 1. The van der Waals surface area contributed by atoms with E-state index in [2.05, 4.69) is 16.0 Å². The summed E-state index contributed by atoms with van der Waals surface area (Å²) in [5.41, 5.74) is 6.59. The number of hydrogen-bond donors (Lipinski definition) is 5. The lowest BCUT2D eigenvalue weighted by molar-refractivity contribution is -0.136. The predicted molar refractivity (Wildman–Crippen MR) is 113 cm³/mol. The first-order chi connectivity index (χ1) is 14.3. The SMILES string of the molecule is CC(=O)[C@H](CCN)NC(=O)[C@@H](NC(=O)[C@@H]1CNCCN1Cc1ccccc1)[C@H](C)O. The molecule has 30 heavy (non-hydrogen) atoms. The van der Waals surface area contributed by atoms with Crippen molar-refractivity contribution in [3.63, 3.8) is 0 Å². The van der Waals surface area contributed by atoms with Gasteiger partial charge in [0.2, 0.25) is 11.8 Å². The molecule has 1 aliphatic heterocycles. The summed E-state index contributed by atoms with van der Waals surface area (Å²) >= 11 is 0. The minimum absolute atomic E-state index is 0.227. The first kappa shape index (κ1) is 23.9. The van der Waals surface area contributed by atoms with Crippen LogP contribution < -0.4 is 21.7 Å². The van der Waals surface area contributed by atoms with Crippen LogP contribution in [-0.2, 0) is 20.9 Å². The van der Waals surface area contributed by atoms with Gasteiger partial charge in [0.05, 0.1) is 12.1 Å². The summed E-state index contributed by atoms with van der Waals surface area (Å²) in [4.78, 5) is 39.4. The van der Waals surface area contributed by atoms with Gasteiger partial charge in [0.25, 0.3) is 0 Å². The van der Waals surface area contributed by atoms with E-state index in [1.165, 1.54) is 13.8 Å². The number of carbonyl (C=O) groups excluding carboxylic acids is 3. The van der Waals surface area contributed by atoms with E-state index in [0.717, 1.165) is 12.1 Å².